The van der Waals surface area contributed by atoms with Crippen LogP contribution in [0.25, 0.3) is 11.1 Å². The summed E-state index contributed by atoms with van der Waals surface area (Å²) in [6.07, 6.45) is -1.13. The molecule has 0 heterocycles. The van der Waals surface area contributed by atoms with Gasteiger partial charge in [-0.25, -0.2) is 4.39 Å². The number of alkyl halides is 3. The maximum atomic E-state index is 13.9. The van der Waals surface area contributed by atoms with Crippen molar-refractivity contribution in [1.29, 1.82) is 0 Å². The van der Waals surface area contributed by atoms with Crippen LogP contribution in [0.5, 0.6) is 0 Å². The number of benzene rings is 2. The van der Waals surface area contributed by atoms with E-state index in [2.05, 4.69) is 5.32 Å². The maximum Gasteiger partial charge on any atom is 0.417 e. The van der Waals surface area contributed by atoms with Crippen molar-refractivity contribution in [3.63, 3.8) is 0 Å². The molecule has 1 aliphatic carbocycles. The first kappa shape index (κ1) is 19.4. The molecule has 2 aromatic rings. The number of hydrogen-bond acceptors (Lipinski definition) is 1. The monoisotopic (exact) mass is 353 g/mol. The van der Waals surface area contributed by atoms with Gasteiger partial charge in [0.15, 0.2) is 0 Å². The lowest BCUT2D eigenvalue weighted by molar-refractivity contribution is -0.137. The highest BCUT2D eigenvalue weighted by atomic mass is 19.4. The Labute approximate surface area is 146 Å². The van der Waals surface area contributed by atoms with Gasteiger partial charge in [-0.15, -0.1) is 0 Å². The van der Waals surface area contributed by atoms with Crippen LogP contribution >= 0.6 is 0 Å². The molecule has 0 radical (unpaired) electrons. The lowest BCUT2D eigenvalue weighted by Crippen LogP contribution is -2.10. The molecule has 0 bridgehead atoms. The van der Waals surface area contributed by atoms with Crippen molar-refractivity contribution in [2.24, 2.45) is 0 Å². The van der Waals surface area contributed by atoms with E-state index in [4.69, 9.17) is 0 Å². The molecule has 0 unspecified atom stereocenters. The number of nitrogens with one attached hydrogen (secondary N) is 1. The van der Waals surface area contributed by atoms with Crippen molar-refractivity contribution in [3.05, 3.63) is 58.4 Å². The summed E-state index contributed by atoms with van der Waals surface area (Å²) in [5.41, 5.74) is 2.03. The summed E-state index contributed by atoms with van der Waals surface area (Å²) in [6.45, 7) is 1.63. The smallest absolute Gasteiger partial charge is 0.323 e. The Balaban J connectivity index is 0.000000701. The molecule has 0 aliphatic heterocycles. The molecule has 0 fully saturated rings. The average Bonchev–Trinajstić information content (AvgIpc) is 2.54. The number of fused-ring (bicyclic) bond motifs is 1. The molecule has 5 heteroatoms. The van der Waals surface area contributed by atoms with E-state index in [0.29, 0.717) is 17.5 Å². The molecule has 3 rings (SSSR count). The van der Waals surface area contributed by atoms with E-state index >= 15 is 0 Å². The highest BCUT2D eigenvalue weighted by molar-refractivity contribution is 5.73. The molecule has 2 aromatic carbocycles. The first-order valence-electron chi connectivity index (χ1n) is 8.36. The van der Waals surface area contributed by atoms with Gasteiger partial charge in [-0.2, -0.15) is 13.2 Å². The van der Waals surface area contributed by atoms with Crippen molar-refractivity contribution in [1.82, 2.24) is 5.32 Å². The second kappa shape index (κ2) is 8.00. The Bertz CT molecular complexity index is 735. The number of halogens is 4. The van der Waals surface area contributed by atoms with Crippen molar-refractivity contribution in [3.8, 4) is 11.1 Å². The first-order chi connectivity index (χ1) is 11.8. The first-order valence-corrected chi connectivity index (χ1v) is 8.36. The fraction of sp³-hybridized carbons (Fsp3) is 0.400. The van der Waals surface area contributed by atoms with E-state index < -0.39 is 17.6 Å². The second-order valence-electron chi connectivity index (χ2n) is 6.34. The Morgan fingerprint density at radius 1 is 0.920 bits per heavy atom. The van der Waals surface area contributed by atoms with Crippen molar-refractivity contribution in [2.45, 2.75) is 38.8 Å². The molecule has 0 spiro atoms. The number of rotatable bonds is 1. The zero-order valence-corrected chi connectivity index (χ0v) is 14.7. The minimum absolute atomic E-state index is 0.0794. The van der Waals surface area contributed by atoms with E-state index in [1.807, 2.05) is 14.1 Å². The lowest BCUT2D eigenvalue weighted by atomic mass is 9.84. The molecular formula is C20H23F4N. The summed E-state index contributed by atoms with van der Waals surface area (Å²) in [5, 5.41) is 2.75. The Hall–Kier alpha value is -1.88. The zero-order chi connectivity index (χ0) is 18.6. The fourth-order valence-electron chi connectivity index (χ4n) is 3.20. The molecule has 0 saturated heterocycles. The minimum Gasteiger partial charge on any atom is -0.323 e. The van der Waals surface area contributed by atoms with Crippen LogP contribution in [0.2, 0.25) is 0 Å². The van der Waals surface area contributed by atoms with Gasteiger partial charge in [-0.05, 0) is 87.2 Å². The van der Waals surface area contributed by atoms with Gasteiger partial charge >= 0.3 is 6.18 Å². The molecule has 136 valence electrons. The largest absolute Gasteiger partial charge is 0.417 e. The summed E-state index contributed by atoms with van der Waals surface area (Å²) in [6, 6.07) is 6.94. The van der Waals surface area contributed by atoms with Gasteiger partial charge in [-0.1, -0.05) is 17.7 Å². The summed E-state index contributed by atoms with van der Waals surface area (Å²) in [7, 11) is 3.75. The van der Waals surface area contributed by atoms with Crippen molar-refractivity contribution < 1.29 is 17.6 Å². The third-order valence-electron chi connectivity index (χ3n) is 4.20. The third kappa shape index (κ3) is 4.60. The maximum absolute atomic E-state index is 13.9. The van der Waals surface area contributed by atoms with Gasteiger partial charge in [0.05, 0.1) is 5.56 Å². The van der Waals surface area contributed by atoms with Gasteiger partial charge in [0.25, 0.3) is 0 Å². The Kier molecular flexibility index (Phi) is 6.22. The van der Waals surface area contributed by atoms with Crippen LogP contribution in [0.4, 0.5) is 17.6 Å². The van der Waals surface area contributed by atoms with Gasteiger partial charge in [0, 0.05) is 0 Å². The van der Waals surface area contributed by atoms with Crippen molar-refractivity contribution in [2.75, 3.05) is 14.1 Å². The normalized spacial score (nSPS) is 13.7. The van der Waals surface area contributed by atoms with E-state index in [9.17, 15) is 17.6 Å². The van der Waals surface area contributed by atoms with E-state index in [1.165, 1.54) is 18.2 Å². The molecule has 25 heavy (non-hydrogen) atoms. The number of hydrogen-bond donors (Lipinski definition) is 1. The average molecular weight is 353 g/mol. The lowest BCUT2D eigenvalue weighted by Gasteiger charge is -2.22. The van der Waals surface area contributed by atoms with Gasteiger partial charge in [0.2, 0.25) is 0 Å². The molecule has 0 amide bonds. The zero-order valence-electron chi connectivity index (χ0n) is 14.7. The van der Waals surface area contributed by atoms with Gasteiger partial charge in [0.1, 0.15) is 5.82 Å². The minimum atomic E-state index is -4.45. The summed E-state index contributed by atoms with van der Waals surface area (Å²) in [4.78, 5) is 0. The van der Waals surface area contributed by atoms with E-state index in [1.54, 1.807) is 13.0 Å². The standard InChI is InChI=1S/C18H16F4.C2H7N/c1-11-6-7-15(17(8-11)18(20,21)22)16-10-13(19)9-12-4-2-3-5-14(12)16;1-3-2/h6-10H,2-5H2,1H3;3H,1-2H3. The Morgan fingerprint density at radius 3 is 2.20 bits per heavy atom. The van der Waals surface area contributed by atoms with E-state index in [-0.39, 0.29) is 5.56 Å². The van der Waals surface area contributed by atoms with Crippen LogP contribution in [-0.2, 0) is 19.0 Å². The molecule has 1 aliphatic rings. The van der Waals surface area contributed by atoms with Crippen LogP contribution in [-0.4, -0.2) is 14.1 Å². The molecular weight excluding hydrogens is 330 g/mol. The molecule has 0 aromatic heterocycles. The second-order valence-corrected chi connectivity index (χ2v) is 6.34. The topological polar surface area (TPSA) is 12.0 Å². The van der Waals surface area contributed by atoms with Crippen LogP contribution < -0.4 is 5.32 Å². The quantitative estimate of drug-likeness (QED) is 0.664. The summed E-state index contributed by atoms with van der Waals surface area (Å²) >= 11 is 0. The number of aryl methyl sites for hydroxylation is 2. The van der Waals surface area contributed by atoms with Crippen LogP contribution in [0.1, 0.15) is 35.1 Å². The van der Waals surface area contributed by atoms with E-state index in [0.717, 1.165) is 36.5 Å². The van der Waals surface area contributed by atoms with Crippen LogP contribution in [0.15, 0.2) is 30.3 Å². The predicted molar refractivity (Wildman–Crippen MR) is 93.2 cm³/mol. The third-order valence-corrected chi connectivity index (χ3v) is 4.20. The van der Waals surface area contributed by atoms with Crippen molar-refractivity contribution >= 4 is 0 Å². The molecule has 0 saturated carbocycles. The summed E-state index contributed by atoms with van der Waals surface area (Å²) < 4.78 is 53.9. The summed E-state index contributed by atoms with van der Waals surface area (Å²) in [5.74, 6) is -0.468. The van der Waals surface area contributed by atoms with Gasteiger partial charge in [-0.3, -0.25) is 0 Å². The van der Waals surface area contributed by atoms with Crippen LogP contribution in [0.3, 0.4) is 0 Å². The van der Waals surface area contributed by atoms with Crippen LogP contribution in [0, 0.1) is 12.7 Å². The van der Waals surface area contributed by atoms with Gasteiger partial charge < -0.3 is 5.32 Å². The Morgan fingerprint density at radius 2 is 1.56 bits per heavy atom. The molecule has 0 atom stereocenters. The SMILES string of the molecule is CNC.Cc1ccc(-c2cc(F)cc3c2CCCC3)c(C(F)(F)F)c1. The predicted octanol–water partition coefficient (Wildman–Crippen LogP) is 5.53. The fourth-order valence-corrected chi connectivity index (χ4v) is 3.20. The highest BCUT2D eigenvalue weighted by Gasteiger charge is 2.34. The highest BCUT2D eigenvalue weighted by Crippen LogP contribution is 2.41. The molecule has 1 nitrogen and oxygen atoms in total. The molecule has 1 N–H and O–H groups in total.